The predicted octanol–water partition coefficient (Wildman–Crippen LogP) is 6.86. The summed E-state index contributed by atoms with van der Waals surface area (Å²) in [5.74, 6) is 2.02. The van der Waals surface area contributed by atoms with Crippen LogP contribution in [0, 0.1) is 19.3 Å². The van der Waals surface area contributed by atoms with Crippen LogP contribution in [0.4, 0.5) is 0 Å². The quantitative estimate of drug-likeness (QED) is 0.286. The maximum absolute atomic E-state index is 6.64. The van der Waals surface area contributed by atoms with Crippen LogP contribution in [-0.4, -0.2) is 0 Å². The number of fused-ring (bicyclic) bond motifs is 3. The van der Waals surface area contributed by atoms with E-state index in [0.717, 1.165) is 17.9 Å². The fraction of sp³-hybridized carbons (Fsp3) is 0.320. The average Bonchev–Trinajstić information content (AvgIpc) is 3.10. The van der Waals surface area contributed by atoms with Crippen molar-refractivity contribution in [1.29, 1.82) is 0 Å². The third kappa shape index (κ3) is 2.49. The van der Waals surface area contributed by atoms with Crippen molar-refractivity contribution in [3.05, 3.63) is 52.5 Å². The van der Waals surface area contributed by atoms with Crippen molar-refractivity contribution in [3.8, 4) is 22.8 Å². The highest BCUT2D eigenvalue weighted by Gasteiger charge is 2.32. The molecule has 0 atom stereocenters. The van der Waals surface area contributed by atoms with E-state index in [-0.39, 0.29) is 5.41 Å². The molecule has 5 rings (SSSR count). The lowest BCUT2D eigenvalue weighted by atomic mass is 9.86. The van der Waals surface area contributed by atoms with Gasteiger partial charge in [0.25, 0.3) is 0 Å². The van der Waals surface area contributed by atoms with Crippen LogP contribution >= 0.6 is 11.3 Å². The normalized spacial score (nSPS) is 13.1. The first-order valence-corrected chi connectivity index (χ1v) is 10.8. The minimum atomic E-state index is 0.241. The molecule has 2 nitrogen and oxygen atoms in total. The van der Waals surface area contributed by atoms with E-state index in [9.17, 15) is 0 Å². The summed E-state index contributed by atoms with van der Waals surface area (Å²) in [6, 6.07) is 9.06. The van der Waals surface area contributed by atoms with Gasteiger partial charge in [0.2, 0.25) is 5.69 Å². The molecule has 0 radical (unpaired) electrons. The monoisotopic (exact) mass is 388 g/mol. The van der Waals surface area contributed by atoms with Gasteiger partial charge >= 0.3 is 0 Å². The maximum Gasteiger partial charge on any atom is 0.228 e. The number of thiophene rings is 1. The van der Waals surface area contributed by atoms with E-state index in [2.05, 4.69) is 82.1 Å². The Kier molecular flexibility index (Phi) is 3.67. The number of nitrogens with zero attached hydrogens (tertiary/aromatic N) is 1. The minimum Gasteiger partial charge on any atom is -0.455 e. The van der Waals surface area contributed by atoms with E-state index in [1.807, 2.05) is 0 Å². The Labute approximate surface area is 170 Å². The van der Waals surface area contributed by atoms with Crippen LogP contribution in [-0.2, 0) is 13.5 Å². The summed E-state index contributed by atoms with van der Waals surface area (Å²) in [6.45, 7) is 11.3. The summed E-state index contributed by atoms with van der Waals surface area (Å²) in [5.41, 5.74) is 6.64. The molecule has 3 heteroatoms. The number of aryl methyl sites for hydroxylation is 3. The minimum absolute atomic E-state index is 0.241. The number of ether oxygens (including phenoxy) is 1. The van der Waals surface area contributed by atoms with Gasteiger partial charge in [-0.25, -0.2) is 4.57 Å². The predicted molar refractivity (Wildman–Crippen MR) is 119 cm³/mol. The van der Waals surface area contributed by atoms with E-state index in [1.54, 1.807) is 11.3 Å². The lowest BCUT2D eigenvalue weighted by Gasteiger charge is -2.25. The summed E-state index contributed by atoms with van der Waals surface area (Å²) in [6.07, 6.45) is 3.22. The molecule has 0 unspecified atom stereocenters. The number of hydrogen-bond donors (Lipinski definition) is 0. The van der Waals surface area contributed by atoms with E-state index in [0.29, 0.717) is 0 Å². The van der Waals surface area contributed by atoms with Crippen LogP contribution in [0.25, 0.3) is 32.1 Å². The third-order valence-corrected chi connectivity index (χ3v) is 6.83. The topological polar surface area (TPSA) is 13.1 Å². The molecular formula is C25H26NOS+. The highest BCUT2D eigenvalue weighted by atomic mass is 32.1. The van der Waals surface area contributed by atoms with Crippen LogP contribution in [0.3, 0.4) is 0 Å². The Morgan fingerprint density at radius 1 is 1.07 bits per heavy atom. The molecule has 28 heavy (non-hydrogen) atoms. The molecule has 0 amide bonds. The molecule has 0 bridgehead atoms. The van der Waals surface area contributed by atoms with Gasteiger partial charge in [0.15, 0.2) is 6.20 Å². The Bertz CT molecular complexity index is 1270. The lowest BCUT2D eigenvalue weighted by molar-refractivity contribution is -0.659. The van der Waals surface area contributed by atoms with Gasteiger partial charge < -0.3 is 4.74 Å². The van der Waals surface area contributed by atoms with E-state index in [1.165, 1.54) is 48.8 Å². The zero-order valence-corrected chi connectivity index (χ0v) is 18.3. The largest absolute Gasteiger partial charge is 0.455 e. The Hall–Kier alpha value is -2.39. The molecule has 0 saturated heterocycles. The Morgan fingerprint density at radius 3 is 2.61 bits per heavy atom. The second-order valence-corrected chi connectivity index (χ2v) is 10.2. The van der Waals surface area contributed by atoms with Gasteiger partial charge in [-0.1, -0.05) is 26.8 Å². The van der Waals surface area contributed by atoms with Gasteiger partial charge in [-0.3, -0.25) is 0 Å². The standard InChI is InChI=1S/C25H26NOS/c1-14-18-8-10-28-24(18)15(2)23-20(14)22-21-17(7-9-26(22)6)11-16(12-19(21)27-23)13-25(3,4)5/h7-12H,13H2,1-6H3/q+1. The van der Waals surface area contributed by atoms with Crippen molar-refractivity contribution in [1.82, 2.24) is 0 Å². The Balaban J connectivity index is 1.88. The fourth-order valence-corrected chi connectivity index (χ4v) is 5.59. The van der Waals surface area contributed by atoms with Crippen LogP contribution in [0.15, 0.2) is 35.8 Å². The maximum atomic E-state index is 6.64. The van der Waals surface area contributed by atoms with Gasteiger partial charge in [-0.15, -0.1) is 11.3 Å². The van der Waals surface area contributed by atoms with Crippen molar-refractivity contribution in [2.45, 2.75) is 41.0 Å². The van der Waals surface area contributed by atoms with Crippen molar-refractivity contribution in [2.75, 3.05) is 0 Å². The highest BCUT2D eigenvalue weighted by Crippen LogP contribution is 2.51. The molecule has 1 aliphatic rings. The molecule has 0 saturated carbocycles. The van der Waals surface area contributed by atoms with Crippen LogP contribution in [0.2, 0.25) is 0 Å². The third-order valence-electron chi connectivity index (χ3n) is 5.80. The van der Waals surface area contributed by atoms with Gasteiger partial charge in [0.05, 0.1) is 10.9 Å². The van der Waals surface area contributed by atoms with Crippen molar-refractivity contribution in [3.63, 3.8) is 0 Å². The smallest absolute Gasteiger partial charge is 0.228 e. The first-order valence-electron chi connectivity index (χ1n) is 9.88. The van der Waals surface area contributed by atoms with Crippen molar-refractivity contribution in [2.24, 2.45) is 12.5 Å². The van der Waals surface area contributed by atoms with E-state index >= 15 is 0 Å². The molecule has 2 aromatic heterocycles. The second kappa shape index (κ2) is 5.81. The van der Waals surface area contributed by atoms with Gasteiger partial charge in [0, 0.05) is 16.3 Å². The zero-order valence-electron chi connectivity index (χ0n) is 17.4. The second-order valence-electron chi connectivity index (χ2n) is 9.29. The Morgan fingerprint density at radius 2 is 1.86 bits per heavy atom. The molecule has 0 fully saturated rings. The van der Waals surface area contributed by atoms with Crippen molar-refractivity contribution < 1.29 is 9.30 Å². The fourth-order valence-electron chi connectivity index (χ4n) is 4.63. The molecule has 142 valence electrons. The molecule has 0 aliphatic carbocycles. The average molecular weight is 389 g/mol. The first kappa shape index (κ1) is 17.7. The highest BCUT2D eigenvalue weighted by molar-refractivity contribution is 7.17. The van der Waals surface area contributed by atoms with Gasteiger partial charge in [-0.2, -0.15) is 0 Å². The van der Waals surface area contributed by atoms with Gasteiger partial charge in [-0.05, 0) is 65.1 Å². The first-order chi connectivity index (χ1) is 13.2. The summed E-state index contributed by atoms with van der Waals surface area (Å²) >= 11 is 1.80. The van der Waals surface area contributed by atoms with Crippen LogP contribution < -0.4 is 9.30 Å². The van der Waals surface area contributed by atoms with Crippen LogP contribution in [0.1, 0.15) is 37.5 Å². The molecule has 1 aliphatic heterocycles. The summed E-state index contributed by atoms with van der Waals surface area (Å²) in [5, 5.41) is 6.02. The molecular weight excluding hydrogens is 362 g/mol. The number of benzene rings is 2. The van der Waals surface area contributed by atoms with Crippen LogP contribution in [0.5, 0.6) is 11.5 Å². The molecule has 2 aromatic carbocycles. The molecule has 0 N–H and O–H groups in total. The number of rotatable bonds is 1. The summed E-state index contributed by atoms with van der Waals surface area (Å²) < 4.78 is 10.2. The van der Waals surface area contributed by atoms with Crippen molar-refractivity contribution >= 4 is 32.2 Å². The lowest BCUT2D eigenvalue weighted by Crippen LogP contribution is -2.32. The van der Waals surface area contributed by atoms with Gasteiger partial charge in [0.1, 0.15) is 18.5 Å². The SMILES string of the molecule is Cc1c2c(c(C)c3sccc13)Oc1cc(CC(C)(C)C)cc3cc[n+](C)c-2c13. The number of hydrogen-bond acceptors (Lipinski definition) is 2. The van der Waals surface area contributed by atoms with E-state index in [4.69, 9.17) is 4.74 Å². The summed E-state index contributed by atoms with van der Waals surface area (Å²) in [4.78, 5) is 0. The molecule has 3 heterocycles. The molecule has 4 aromatic rings. The molecule has 0 spiro atoms. The summed E-state index contributed by atoms with van der Waals surface area (Å²) in [7, 11) is 2.14. The zero-order chi connectivity index (χ0) is 19.8. The number of pyridine rings is 1. The number of aromatic nitrogens is 1. The van der Waals surface area contributed by atoms with E-state index < -0.39 is 0 Å².